The molecule has 0 bridgehead atoms. The Morgan fingerprint density at radius 2 is 1.69 bits per heavy atom. The zero-order chi connectivity index (χ0) is 18.4. The van der Waals surface area contributed by atoms with Crippen molar-refractivity contribution in [1.29, 1.82) is 0 Å². The second-order valence-corrected chi connectivity index (χ2v) is 6.28. The Kier molecular flexibility index (Phi) is 5.89. The van der Waals surface area contributed by atoms with Crippen molar-refractivity contribution in [2.45, 2.75) is 33.7 Å². The molecular formula is C21H26N4O. The van der Waals surface area contributed by atoms with Gasteiger partial charge in [-0.25, -0.2) is 0 Å². The molecule has 0 radical (unpaired) electrons. The second kappa shape index (κ2) is 8.52. The van der Waals surface area contributed by atoms with Crippen molar-refractivity contribution < 1.29 is 4.42 Å². The number of benzene rings is 2. The third-order valence-corrected chi connectivity index (χ3v) is 4.48. The number of nitrogens with one attached hydrogen (secondary N) is 1. The zero-order valence-corrected chi connectivity index (χ0v) is 15.7. The van der Waals surface area contributed by atoms with E-state index in [9.17, 15) is 0 Å². The van der Waals surface area contributed by atoms with Crippen molar-refractivity contribution in [1.82, 2.24) is 10.2 Å². The van der Waals surface area contributed by atoms with Crippen LogP contribution in [0, 0.1) is 6.92 Å². The highest BCUT2D eigenvalue weighted by Crippen LogP contribution is 2.23. The highest BCUT2D eigenvalue weighted by atomic mass is 16.4. The molecule has 0 aliphatic rings. The molecule has 0 amide bonds. The maximum Gasteiger partial charge on any atom is 0.235 e. The van der Waals surface area contributed by atoms with Crippen LogP contribution in [0.2, 0.25) is 0 Å². The molecule has 26 heavy (non-hydrogen) atoms. The Bertz CT molecular complexity index is 825. The first-order valence-corrected chi connectivity index (χ1v) is 9.14. The minimum Gasteiger partial charge on any atom is -0.423 e. The van der Waals surface area contributed by atoms with Crippen LogP contribution in [-0.2, 0) is 13.0 Å². The average Bonchev–Trinajstić information content (AvgIpc) is 3.10. The number of hydrogen-bond donors (Lipinski definition) is 1. The lowest BCUT2D eigenvalue weighted by Gasteiger charge is -2.22. The molecule has 1 N–H and O–H groups in total. The van der Waals surface area contributed by atoms with E-state index in [1.54, 1.807) is 0 Å². The lowest BCUT2D eigenvalue weighted by Crippen LogP contribution is -2.21. The summed E-state index contributed by atoms with van der Waals surface area (Å²) in [4.78, 5) is 2.34. The van der Waals surface area contributed by atoms with Gasteiger partial charge in [-0.05, 0) is 50.1 Å². The fourth-order valence-electron chi connectivity index (χ4n) is 3.00. The van der Waals surface area contributed by atoms with Crippen LogP contribution in [0.1, 0.15) is 36.8 Å². The van der Waals surface area contributed by atoms with Crippen LogP contribution in [0.5, 0.6) is 0 Å². The summed E-state index contributed by atoms with van der Waals surface area (Å²) in [6, 6.07) is 16.6. The van der Waals surface area contributed by atoms with Crippen molar-refractivity contribution in [3.63, 3.8) is 0 Å². The van der Waals surface area contributed by atoms with E-state index in [1.165, 1.54) is 16.8 Å². The van der Waals surface area contributed by atoms with E-state index in [2.05, 4.69) is 71.5 Å². The molecule has 1 aromatic heterocycles. The first kappa shape index (κ1) is 18.0. The molecule has 0 saturated heterocycles. The number of nitrogens with zero attached hydrogens (tertiary/aromatic N) is 3. The molecule has 0 atom stereocenters. The maximum atomic E-state index is 5.75. The summed E-state index contributed by atoms with van der Waals surface area (Å²) in [6.07, 6.45) is 0.658. The van der Waals surface area contributed by atoms with Crippen LogP contribution in [-0.4, -0.2) is 23.3 Å². The van der Waals surface area contributed by atoms with Gasteiger partial charge < -0.3 is 14.6 Å². The van der Waals surface area contributed by atoms with Crippen molar-refractivity contribution in [2.75, 3.05) is 23.3 Å². The molecule has 0 fully saturated rings. The average molecular weight is 350 g/mol. The fourth-order valence-corrected chi connectivity index (χ4v) is 3.00. The van der Waals surface area contributed by atoms with E-state index in [-0.39, 0.29) is 0 Å². The van der Waals surface area contributed by atoms with E-state index in [0.29, 0.717) is 24.7 Å². The number of anilines is 2. The third kappa shape index (κ3) is 4.42. The number of hydrogen-bond acceptors (Lipinski definition) is 5. The molecule has 3 rings (SSSR count). The van der Waals surface area contributed by atoms with E-state index in [4.69, 9.17) is 4.42 Å². The first-order chi connectivity index (χ1) is 12.7. The van der Waals surface area contributed by atoms with Crippen LogP contribution >= 0.6 is 0 Å². The minimum absolute atomic E-state index is 0.521. The van der Waals surface area contributed by atoms with Crippen LogP contribution in [0.3, 0.4) is 0 Å². The lowest BCUT2D eigenvalue weighted by molar-refractivity contribution is 0.464. The monoisotopic (exact) mass is 350 g/mol. The van der Waals surface area contributed by atoms with Crippen LogP contribution < -0.4 is 10.2 Å². The van der Waals surface area contributed by atoms with Gasteiger partial charge in [0.2, 0.25) is 11.8 Å². The normalized spacial score (nSPS) is 10.7. The number of aromatic nitrogens is 2. The van der Waals surface area contributed by atoms with Crippen LogP contribution in [0.25, 0.3) is 0 Å². The van der Waals surface area contributed by atoms with Gasteiger partial charge in [0.25, 0.3) is 0 Å². The van der Waals surface area contributed by atoms with Crippen LogP contribution in [0.4, 0.5) is 11.4 Å². The van der Waals surface area contributed by atoms with Gasteiger partial charge in [0.05, 0.1) is 13.0 Å². The molecule has 5 heteroatoms. The molecule has 0 aliphatic carbocycles. The summed E-state index contributed by atoms with van der Waals surface area (Å²) in [5.41, 5.74) is 4.71. The molecular weight excluding hydrogens is 324 g/mol. The summed E-state index contributed by atoms with van der Waals surface area (Å²) in [7, 11) is 0. The third-order valence-electron chi connectivity index (χ3n) is 4.48. The quantitative estimate of drug-likeness (QED) is 0.651. The van der Waals surface area contributed by atoms with Crippen molar-refractivity contribution in [3.8, 4) is 0 Å². The molecule has 2 aromatic carbocycles. The summed E-state index contributed by atoms with van der Waals surface area (Å²) in [6.45, 7) is 9.00. The van der Waals surface area contributed by atoms with Gasteiger partial charge in [0.15, 0.2) is 0 Å². The van der Waals surface area contributed by atoms with Crippen molar-refractivity contribution >= 4 is 11.4 Å². The van der Waals surface area contributed by atoms with E-state index < -0.39 is 0 Å². The van der Waals surface area contributed by atoms with Gasteiger partial charge in [-0.1, -0.05) is 30.3 Å². The highest BCUT2D eigenvalue weighted by Gasteiger charge is 2.09. The zero-order valence-electron chi connectivity index (χ0n) is 15.7. The van der Waals surface area contributed by atoms with Gasteiger partial charge in [-0.15, -0.1) is 10.2 Å². The highest BCUT2D eigenvalue weighted by molar-refractivity contribution is 5.60. The summed E-state index contributed by atoms with van der Waals surface area (Å²) < 4.78 is 5.75. The summed E-state index contributed by atoms with van der Waals surface area (Å²) in [5.74, 6) is 1.24. The first-order valence-electron chi connectivity index (χ1n) is 9.14. The molecule has 1 heterocycles. The van der Waals surface area contributed by atoms with Gasteiger partial charge >= 0.3 is 0 Å². The Hall–Kier alpha value is -2.82. The molecule has 0 unspecified atom stereocenters. The molecule has 3 aromatic rings. The Balaban J connectivity index is 1.61. The standard InChI is InChI=1S/C21H26N4O/c1-4-25(5-2)18-11-12-19(16(3)13-18)22-15-21-24-23-20(26-21)14-17-9-7-6-8-10-17/h6-13,22H,4-5,14-15H2,1-3H3. The smallest absolute Gasteiger partial charge is 0.235 e. The van der Waals surface area contributed by atoms with Gasteiger partial charge in [-0.2, -0.15) is 0 Å². The van der Waals surface area contributed by atoms with Gasteiger partial charge in [0, 0.05) is 24.5 Å². The Labute approximate surface area is 155 Å². The van der Waals surface area contributed by atoms with E-state index >= 15 is 0 Å². The summed E-state index contributed by atoms with van der Waals surface area (Å²) in [5, 5.41) is 11.7. The predicted octanol–water partition coefficient (Wildman–Crippen LogP) is 4.43. The van der Waals surface area contributed by atoms with Crippen molar-refractivity contribution in [3.05, 3.63) is 71.4 Å². The van der Waals surface area contributed by atoms with E-state index in [1.807, 2.05) is 18.2 Å². The van der Waals surface area contributed by atoms with Gasteiger partial charge in [0.1, 0.15) is 0 Å². The lowest BCUT2D eigenvalue weighted by atomic mass is 10.1. The molecule has 0 saturated carbocycles. The number of rotatable bonds is 8. The van der Waals surface area contributed by atoms with Crippen molar-refractivity contribution in [2.24, 2.45) is 0 Å². The van der Waals surface area contributed by atoms with Crippen LogP contribution in [0.15, 0.2) is 52.9 Å². The van der Waals surface area contributed by atoms with Gasteiger partial charge in [-0.3, -0.25) is 0 Å². The number of aryl methyl sites for hydroxylation is 1. The minimum atomic E-state index is 0.521. The molecule has 0 spiro atoms. The largest absolute Gasteiger partial charge is 0.423 e. The predicted molar refractivity (Wildman–Crippen MR) is 106 cm³/mol. The second-order valence-electron chi connectivity index (χ2n) is 6.28. The molecule has 0 aliphatic heterocycles. The maximum absolute atomic E-state index is 5.75. The fraction of sp³-hybridized carbons (Fsp3) is 0.333. The summed E-state index contributed by atoms with van der Waals surface area (Å²) >= 11 is 0. The Morgan fingerprint density at radius 1 is 0.962 bits per heavy atom. The molecule has 136 valence electrons. The topological polar surface area (TPSA) is 54.2 Å². The SMILES string of the molecule is CCN(CC)c1ccc(NCc2nnc(Cc3ccccc3)o2)c(C)c1. The Morgan fingerprint density at radius 3 is 2.38 bits per heavy atom. The molecule has 5 nitrogen and oxygen atoms in total. The van der Waals surface area contributed by atoms with E-state index in [0.717, 1.165) is 18.8 Å².